The van der Waals surface area contributed by atoms with Crippen molar-refractivity contribution < 1.29 is 39.1 Å². The highest BCUT2D eigenvalue weighted by atomic mass is 32.2. The summed E-state index contributed by atoms with van der Waals surface area (Å²) >= 11 is 1.16. The Labute approximate surface area is 203 Å². The van der Waals surface area contributed by atoms with Gasteiger partial charge in [0.05, 0.1) is 23.0 Å². The summed E-state index contributed by atoms with van der Waals surface area (Å²) in [6, 6.07) is 3.35. The maximum atomic E-state index is 12.2. The van der Waals surface area contributed by atoms with Crippen molar-refractivity contribution in [3.05, 3.63) is 50.5 Å². The number of aliphatic hydroxyl groups excluding tert-OH is 1. The molecule has 3 rings (SSSR count). The lowest BCUT2D eigenvalue weighted by molar-refractivity contribution is -0.384. The van der Waals surface area contributed by atoms with E-state index < -0.39 is 52.8 Å². The van der Waals surface area contributed by atoms with Gasteiger partial charge in [-0.25, -0.2) is 9.59 Å². The summed E-state index contributed by atoms with van der Waals surface area (Å²) in [5.41, 5.74) is 5.88. The standard InChI is InChI=1S/C21H24N4O9S/c1-10(26)15-13-8-14(17(20(29)30)24(13)19(15)28)35-7-6-23-18(27)16(22)21(31)34-9-11-2-4-12(5-3-11)25(32)33/h2-5,10,13,15-16,26H,6-9,22H2,1H3,(H,23,27)(H,29,30)/t10-,13+,15-,16?/m0/s1. The van der Waals surface area contributed by atoms with E-state index in [1.54, 1.807) is 0 Å². The van der Waals surface area contributed by atoms with Gasteiger partial charge in [-0.1, -0.05) is 0 Å². The maximum Gasteiger partial charge on any atom is 0.353 e. The molecule has 0 saturated carbocycles. The van der Waals surface area contributed by atoms with Gasteiger partial charge in [0.1, 0.15) is 12.3 Å². The zero-order valence-corrected chi connectivity index (χ0v) is 19.4. The minimum Gasteiger partial charge on any atom is -0.477 e. The highest BCUT2D eigenvalue weighted by molar-refractivity contribution is 8.03. The number of nitrogens with zero attached hydrogens (tertiary/aromatic N) is 2. The zero-order chi connectivity index (χ0) is 25.9. The number of carbonyl (C=O) groups excluding carboxylic acids is 3. The Hall–Kier alpha value is -3.49. The number of ether oxygens (including phenoxy) is 1. The average molecular weight is 509 g/mol. The van der Waals surface area contributed by atoms with E-state index in [1.165, 1.54) is 36.1 Å². The number of benzene rings is 1. The first kappa shape index (κ1) is 26.1. The monoisotopic (exact) mass is 508 g/mol. The summed E-state index contributed by atoms with van der Waals surface area (Å²) in [6.45, 7) is 1.34. The van der Waals surface area contributed by atoms with Crippen molar-refractivity contribution in [2.75, 3.05) is 12.3 Å². The Morgan fingerprint density at radius 2 is 2.00 bits per heavy atom. The molecule has 0 radical (unpaired) electrons. The van der Waals surface area contributed by atoms with Crippen molar-refractivity contribution in [3.8, 4) is 0 Å². The molecule has 2 aliphatic rings. The van der Waals surface area contributed by atoms with Gasteiger partial charge in [0, 0.05) is 35.8 Å². The normalized spacial score (nSPS) is 20.5. The molecule has 35 heavy (non-hydrogen) atoms. The van der Waals surface area contributed by atoms with E-state index in [2.05, 4.69) is 5.32 Å². The number of esters is 1. The number of hydrogen-bond acceptors (Lipinski definition) is 10. The van der Waals surface area contributed by atoms with Crippen LogP contribution in [0.25, 0.3) is 0 Å². The number of nitro benzene ring substituents is 1. The third-order valence-corrected chi connectivity index (χ3v) is 6.75. The van der Waals surface area contributed by atoms with Gasteiger partial charge in [-0.3, -0.25) is 19.7 Å². The number of β-lactam (4-membered cyclic amide) rings is 1. The summed E-state index contributed by atoms with van der Waals surface area (Å²) in [5, 5.41) is 32.4. The second kappa shape index (κ2) is 10.8. The zero-order valence-electron chi connectivity index (χ0n) is 18.6. The Kier molecular flexibility index (Phi) is 8.09. The lowest BCUT2D eigenvalue weighted by Gasteiger charge is -2.44. The first-order valence-corrected chi connectivity index (χ1v) is 11.5. The average Bonchev–Trinajstić information content (AvgIpc) is 3.13. The number of nitrogens with one attached hydrogen (secondary N) is 1. The van der Waals surface area contributed by atoms with E-state index in [1.807, 2.05) is 0 Å². The van der Waals surface area contributed by atoms with Crippen LogP contribution in [0.1, 0.15) is 18.9 Å². The number of carbonyl (C=O) groups is 4. The molecule has 1 saturated heterocycles. The number of fused-ring (bicyclic) bond motifs is 1. The van der Waals surface area contributed by atoms with Crippen LogP contribution in [0.5, 0.6) is 0 Å². The first-order valence-electron chi connectivity index (χ1n) is 10.6. The molecule has 2 amide bonds. The van der Waals surface area contributed by atoms with Gasteiger partial charge >= 0.3 is 11.9 Å². The number of rotatable bonds is 11. The van der Waals surface area contributed by atoms with Crippen LogP contribution in [-0.4, -0.2) is 74.3 Å². The third-order valence-electron chi connectivity index (χ3n) is 5.63. The third kappa shape index (κ3) is 5.61. The molecule has 188 valence electrons. The largest absolute Gasteiger partial charge is 0.477 e. The smallest absolute Gasteiger partial charge is 0.353 e. The van der Waals surface area contributed by atoms with Gasteiger partial charge in [-0.15, -0.1) is 11.8 Å². The van der Waals surface area contributed by atoms with Gasteiger partial charge < -0.3 is 30.9 Å². The molecular formula is C21H24N4O9S. The van der Waals surface area contributed by atoms with Crippen LogP contribution in [0.4, 0.5) is 5.69 Å². The van der Waals surface area contributed by atoms with Gasteiger partial charge in [0.15, 0.2) is 6.04 Å². The molecule has 2 aliphatic heterocycles. The van der Waals surface area contributed by atoms with E-state index in [0.717, 1.165) is 11.8 Å². The van der Waals surface area contributed by atoms with Crippen LogP contribution in [-0.2, 0) is 30.5 Å². The van der Waals surface area contributed by atoms with E-state index in [0.29, 0.717) is 16.9 Å². The Morgan fingerprint density at radius 1 is 1.34 bits per heavy atom. The van der Waals surface area contributed by atoms with Gasteiger partial charge in [-0.2, -0.15) is 0 Å². The summed E-state index contributed by atoms with van der Waals surface area (Å²) in [4.78, 5) is 59.8. The number of nitrogens with two attached hydrogens (primary N) is 1. The quantitative estimate of drug-likeness (QED) is 0.0764. The summed E-state index contributed by atoms with van der Waals surface area (Å²) in [6.07, 6.45) is -0.583. The predicted octanol–water partition coefficient (Wildman–Crippen LogP) is -0.278. The number of nitro groups is 1. The highest BCUT2D eigenvalue weighted by Gasteiger charge is 2.56. The molecule has 1 aromatic carbocycles. The first-order chi connectivity index (χ1) is 16.5. The Morgan fingerprint density at radius 3 is 2.57 bits per heavy atom. The second-order valence-electron chi connectivity index (χ2n) is 7.97. The number of carboxylic acids is 1. The van der Waals surface area contributed by atoms with Crippen molar-refractivity contribution in [1.29, 1.82) is 0 Å². The minimum absolute atomic E-state index is 0.0711. The predicted molar refractivity (Wildman–Crippen MR) is 121 cm³/mol. The van der Waals surface area contributed by atoms with E-state index in [4.69, 9.17) is 10.5 Å². The fraction of sp³-hybridized carbons (Fsp3) is 0.429. The van der Waals surface area contributed by atoms with Crippen molar-refractivity contribution in [1.82, 2.24) is 10.2 Å². The van der Waals surface area contributed by atoms with Gasteiger partial charge in [0.25, 0.3) is 5.69 Å². The fourth-order valence-electron chi connectivity index (χ4n) is 3.88. The number of aliphatic carboxylic acids is 1. The fourth-order valence-corrected chi connectivity index (χ4v) is 4.94. The highest BCUT2D eigenvalue weighted by Crippen LogP contribution is 2.46. The number of aliphatic hydroxyl groups is 1. The van der Waals surface area contributed by atoms with Crippen molar-refractivity contribution in [3.63, 3.8) is 0 Å². The van der Waals surface area contributed by atoms with Gasteiger partial charge in [0.2, 0.25) is 11.8 Å². The Bertz CT molecular complexity index is 1070. The van der Waals surface area contributed by atoms with Crippen molar-refractivity contribution in [2.24, 2.45) is 11.7 Å². The lowest BCUT2D eigenvalue weighted by atomic mass is 9.83. The Balaban J connectivity index is 1.44. The molecule has 1 unspecified atom stereocenters. The van der Waals surface area contributed by atoms with Crippen LogP contribution in [0.2, 0.25) is 0 Å². The molecule has 13 nitrogen and oxygen atoms in total. The van der Waals surface area contributed by atoms with Crippen LogP contribution in [0.3, 0.4) is 0 Å². The van der Waals surface area contributed by atoms with Crippen LogP contribution in [0.15, 0.2) is 34.9 Å². The number of carboxylic acid groups (broad SMARTS) is 1. The molecule has 14 heteroatoms. The second-order valence-corrected chi connectivity index (χ2v) is 9.16. The van der Waals surface area contributed by atoms with Gasteiger partial charge in [-0.05, 0) is 24.6 Å². The number of non-ortho nitro benzene ring substituents is 1. The SMILES string of the molecule is C[C@H](O)[C@@H]1C(=O)N2C(C(=O)O)=C(SCCNC(=O)C(N)C(=O)OCc3ccc([N+](=O)[O-])cc3)C[C@H]12. The maximum absolute atomic E-state index is 12.2. The number of thioether (sulfide) groups is 1. The summed E-state index contributed by atoms with van der Waals surface area (Å²) in [7, 11) is 0. The number of hydrogen-bond donors (Lipinski definition) is 4. The molecular weight excluding hydrogens is 484 g/mol. The summed E-state index contributed by atoms with van der Waals surface area (Å²) < 4.78 is 4.98. The lowest BCUT2D eigenvalue weighted by Crippen LogP contribution is -2.61. The van der Waals surface area contributed by atoms with E-state index in [9.17, 15) is 39.5 Å². The van der Waals surface area contributed by atoms with E-state index >= 15 is 0 Å². The van der Waals surface area contributed by atoms with Crippen molar-refractivity contribution >= 4 is 41.2 Å². The van der Waals surface area contributed by atoms with Crippen molar-refractivity contribution in [2.45, 2.75) is 38.1 Å². The molecule has 0 aliphatic carbocycles. The molecule has 0 aromatic heterocycles. The molecule has 0 spiro atoms. The minimum atomic E-state index is -1.59. The van der Waals surface area contributed by atoms with Crippen LogP contribution in [0, 0.1) is 16.0 Å². The van der Waals surface area contributed by atoms with Crippen LogP contribution < -0.4 is 11.1 Å². The summed E-state index contributed by atoms with van der Waals surface area (Å²) in [5.74, 6) is -3.81. The molecule has 2 heterocycles. The molecule has 1 fully saturated rings. The number of amides is 2. The molecule has 0 bridgehead atoms. The molecule has 4 atom stereocenters. The molecule has 1 aromatic rings. The van der Waals surface area contributed by atoms with E-state index in [-0.39, 0.29) is 30.3 Å². The topological polar surface area (TPSA) is 202 Å². The molecule has 5 N–H and O–H groups in total. The van der Waals surface area contributed by atoms with Crippen LogP contribution >= 0.6 is 11.8 Å².